The molecule has 6 heteroatoms. The number of unbranched alkanes of at least 4 members (excludes halogenated alkanes) is 5. The minimum Gasteiger partial charge on any atom is -0.271 e. The van der Waals surface area contributed by atoms with Crippen LogP contribution in [0.1, 0.15) is 38.5 Å². The number of hydrogen-bond acceptors (Lipinski definition) is 4. The molecule has 1 rings (SSSR count). The van der Waals surface area contributed by atoms with E-state index in [2.05, 4.69) is 0 Å². The van der Waals surface area contributed by atoms with Gasteiger partial charge in [0.05, 0.1) is 5.38 Å². The Morgan fingerprint density at radius 2 is 1.88 bits per heavy atom. The standard InChI is InChI=1S/C11H19N2O3S/c14-13(15)7-5-3-1-2-4-6-9-16-12-8-10-17-11-12/h8,10-11H,1-7,9H2/q+1. The minimum atomic E-state index is -0.244. The van der Waals surface area contributed by atoms with E-state index in [4.69, 9.17) is 4.84 Å². The molecule has 96 valence electrons. The average molecular weight is 259 g/mol. The third-order valence-electron chi connectivity index (χ3n) is 2.43. The molecule has 0 N–H and O–H groups in total. The van der Waals surface area contributed by atoms with Crippen LogP contribution in [-0.2, 0) is 0 Å². The minimum absolute atomic E-state index is 0.109. The molecule has 5 nitrogen and oxygen atoms in total. The van der Waals surface area contributed by atoms with Crippen LogP contribution in [-0.4, -0.2) is 18.1 Å². The predicted molar refractivity (Wildman–Crippen MR) is 65.5 cm³/mol. The Morgan fingerprint density at radius 1 is 1.18 bits per heavy atom. The molecule has 0 atom stereocenters. The van der Waals surface area contributed by atoms with E-state index >= 15 is 0 Å². The first-order valence-electron chi connectivity index (χ1n) is 5.97. The Bertz CT molecular complexity index is 304. The van der Waals surface area contributed by atoms with Crippen LogP contribution in [0.4, 0.5) is 0 Å². The number of hydrogen-bond donors (Lipinski definition) is 0. The van der Waals surface area contributed by atoms with Crippen molar-refractivity contribution in [3.05, 3.63) is 27.2 Å². The Labute approximate surface area is 105 Å². The molecule has 0 aliphatic heterocycles. The van der Waals surface area contributed by atoms with E-state index in [9.17, 15) is 10.1 Å². The molecule has 0 aliphatic rings. The predicted octanol–water partition coefficient (Wildman–Crippen LogP) is 2.08. The lowest BCUT2D eigenvalue weighted by Gasteiger charge is -1.99. The van der Waals surface area contributed by atoms with E-state index in [0.717, 1.165) is 38.7 Å². The topological polar surface area (TPSA) is 56.3 Å². The highest BCUT2D eigenvalue weighted by atomic mass is 32.1. The lowest BCUT2D eigenvalue weighted by molar-refractivity contribution is -0.888. The van der Waals surface area contributed by atoms with E-state index in [1.165, 1.54) is 0 Å². The maximum Gasteiger partial charge on any atom is 0.276 e. The highest BCUT2D eigenvalue weighted by molar-refractivity contribution is 7.07. The number of thiazole rings is 1. The molecule has 1 heterocycles. The highest BCUT2D eigenvalue weighted by Crippen LogP contribution is 2.04. The van der Waals surface area contributed by atoms with Crippen molar-refractivity contribution in [3.8, 4) is 0 Å². The molecule has 0 aromatic carbocycles. The lowest BCUT2D eigenvalue weighted by atomic mass is 10.1. The van der Waals surface area contributed by atoms with Crippen molar-refractivity contribution in [2.75, 3.05) is 13.2 Å². The maximum atomic E-state index is 10.1. The fourth-order valence-electron chi connectivity index (χ4n) is 1.52. The molecule has 0 bridgehead atoms. The van der Waals surface area contributed by atoms with Crippen LogP contribution >= 0.6 is 11.3 Å². The van der Waals surface area contributed by atoms with Crippen LogP contribution in [0.15, 0.2) is 17.1 Å². The summed E-state index contributed by atoms with van der Waals surface area (Å²) in [7, 11) is 0. The van der Waals surface area contributed by atoms with Crippen LogP contribution in [0, 0.1) is 10.1 Å². The summed E-state index contributed by atoms with van der Waals surface area (Å²) in [6.07, 6.45) is 7.94. The van der Waals surface area contributed by atoms with Crippen LogP contribution in [0.5, 0.6) is 0 Å². The van der Waals surface area contributed by atoms with Crippen molar-refractivity contribution >= 4 is 11.3 Å². The summed E-state index contributed by atoms with van der Waals surface area (Å²) in [6, 6.07) is 0. The van der Waals surface area contributed by atoms with Crippen molar-refractivity contribution in [1.82, 2.24) is 0 Å². The number of nitro groups is 1. The Morgan fingerprint density at radius 3 is 2.53 bits per heavy atom. The molecular weight excluding hydrogens is 240 g/mol. The first-order chi connectivity index (χ1) is 8.29. The number of rotatable bonds is 10. The van der Waals surface area contributed by atoms with Gasteiger partial charge in [-0.25, -0.2) is 0 Å². The smallest absolute Gasteiger partial charge is 0.271 e. The van der Waals surface area contributed by atoms with Crippen molar-refractivity contribution in [3.63, 3.8) is 0 Å². The summed E-state index contributed by atoms with van der Waals surface area (Å²) in [6.45, 7) is 0.841. The second kappa shape index (κ2) is 8.92. The molecule has 0 aliphatic carbocycles. The quantitative estimate of drug-likeness (QED) is 0.280. The Hall–Kier alpha value is -1.17. The van der Waals surface area contributed by atoms with Gasteiger partial charge in [0.1, 0.15) is 0 Å². The van der Waals surface area contributed by atoms with Gasteiger partial charge in [0, 0.05) is 16.1 Å². The summed E-state index contributed by atoms with van der Waals surface area (Å²) in [4.78, 5) is 15.3. The summed E-state index contributed by atoms with van der Waals surface area (Å²) in [5.74, 6) is 0. The van der Waals surface area contributed by atoms with Crippen molar-refractivity contribution in [1.29, 1.82) is 0 Å². The van der Waals surface area contributed by atoms with E-state index in [0.29, 0.717) is 6.42 Å². The molecule has 0 saturated carbocycles. The zero-order valence-corrected chi connectivity index (χ0v) is 10.7. The van der Waals surface area contributed by atoms with Crippen molar-refractivity contribution in [2.24, 2.45) is 0 Å². The monoisotopic (exact) mass is 259 g/mol. The summed E-state index contributed by atoms with van der Waals surface area (Å²) in [5.41, 5.74) is 1.91. The summed E-state index contributed by atoms with van der Waals surface area (Å²) >= 11 is 1.60. The van der Waals surface area contributed by atoms with Gasteiger partial charge in [-0.15, -0.1) is 0 Å². The van der Waals surface area contributed by atoms with E-state index < -0.39 is 0 Å². The van der Waals surface area contributed by atoms with E-state index in [1.807, 2.05) is 17.1 Å². The average Bonchev–Trinajstić information content (AvgIpc) is 2.79. The second-order valence-corrected chi connectivity index (χ2v) is 4.65. The summed E-state index contributed by atoms with van der Waals surface area (Å²) in [5, 5.41) is 12.0. The molecule has 0 spiro atoms. The van der Waals surface area contributed by atoms with Gasteiger partial charge in [0.25, 0.3) is 5.51 Å². The molecule has 0 unspecified atom stereocenters. The molecule has 0 saturated heterocycles. The van der Waals surface area contributed by atoms with E-state index in [1.54, 1.807) is 16.1 Å². The molecule has 0 radical (unpaired) electrons. The van der Waals surface area contributed by atoms with Gasteiger partial charge in [0.15, 0.2) is 6.61 Å². The van der Waals surface area contributed by atoms with Gasteiger partial charge in [-0.3, -0.25) is 15.0 Å². The van der Waals surface area contributed by atoms with Crippen LogP contribution in [0.3, 0.4) is 0 Å². The SMILES string of the molecule is O=[N+]([O-])CCCCCCCCO[n+]1ccsc1. The summed E-state index contributed by atoms with van der Waals surface area (Å²) < 4.78 is 1.72. The molecule has 0 amide bonds. The van der Waals surface area contributed by atoms with Gasteiger partial charge in [-0.05, 0) is 19.3 Å². The molecular formula is C11H19N2O3S+. The largest absolute Gasteiger partial charge is 0.276 e. The molecule has 17 heavy (non-hydrogen) atoms. The fraction of sp³-hybridized carbons (Fsp3) is 0.727. The van der Waals surface area contributed by atoms with Gasteiger partial charge in [-0.1, -0.05) is 24.2 Å². The fourth-order valence-corrected chi connectivity index (χ4v) is 2.03. The number of nitrogens with zero attached hydrogens (tertiary/aromatic N) is 2. The third-order valence-corrected chi connectivity index (χ3v) is 3.03. The second-order valence-electron chi connectivity index (χ2n) is 3.90. The zero-order chi connectivity index (χ0) is 12.3. The normalized spacial score (nSPS) is 10.4. The first-order valence-corrected chi connectivity index (χ1v) is 6.92. The third kappa shape index (κ3) is 7.68. The van der Waals surface area contributed by atoms with Crippen LogP contribution < -0.4 is 9.57 Å². The van der Waals surface area contributed by atoms with Gasteiger partial charge >= 0.3 is 0 Å². The molecule has 1 aromatic heterocycles. The van der Waals surface area contributed by atoms with Crippen LogP contribution in [0.2, 0.25) is 0 Å². The van der Waals surface area contributed by atoms with Gasteiger partial charge in [-0.2, -0.15) is 0 Å². The number of aromatic nitrogens is 1. The van der Waals surface area contributed by atoms with Gasteiger partial charge in [0.2, 0.25) is 12.7 Å². The maximum absolute atomic E-state index is 10.1. The first kappa shape index (κ1) is 13.9. The molecule has 1 aromatic rings. The lowest BCUT2D eigenvalue weighted by Crippen LogP contribution is -2.40. The van der Waals surface area contributed by atoms with Crippen LogP contribution in [0.25, 0.3) is 0 Å². The zero-order valence-electron chi connectivity index (χ0n) is 9.92. The Balaban J connectivity index is 1.80. The Kier molecular flexibility index (Phi) is 7.29. The highest BCUT2D eigenvalue weighted by Gasteiger charge is 2.00. The van der Waals surface area contributed by atoms with Gasteiger partial charge < -0.3 is 0 Å². The van der Waals surface area contributed by atoms with Crippen molar-refractivity contribution < 1.29 is 14.5 Å². The van der Waals surface area contributed by atoms with Crippen molar-refractivity contribution in [2.45, 2.75) is 38.5 Å². The molecule has 0 fully saturated rings. The van der Waals surface area contributed by atoms with E-state index in [-0.39, 0.29) is 11.5 Å².